The minimum Gasteiger partial charge on any atom is -0.456 e. The van der Waals surface area contributed by atoms with Crippen LogP contribution in [0.4, 0.5) is 0 Å². The number of nitrogens with zero attached hydrogens (tertiary/aromatic N) is 2. The first-order chi connectivity index (χ1) is 11.5. The summed E-state index contributed by atoms with van der Waals surface area (Å²) >= 11 is 7.28. The smallest absolute Gasteiger partial charge is 0.349 e. The first-order valence-corrected chi connectivity index (χ1v) is 8.32. The van der Waals surface area contributed by atoms with Crippen molar-refractivity contribution in [3.05, 3.63) is 45.9 Å². The van der Waals surface area contributed by atoms with E-state index in [-0.39, 0.29) is 12.2 Å². The second kappa shape index (κ2) is 8.60. The molecule has 0 radical (unpaired) electrons. The molecule has 1 atom stereocenters. The molecule has 0 amide bonds. The normalized spacial score (nSPS) is 12.5. The SMILES string of the molecule is COC[C@H](C)OC(=O)/C(C#N)=C/c1csc(-c2ccc(Cl)cc2)n1. The van der Waals surface area contributed by atoms with Crippen molar-refractivity contribution in [3.63, 3.8) is 0 Å². The summed E-state index contributed by atoms with van der Waals surface area (Å²) in [4.78, 5) is 16.4. The van der Waals surface area contributed by atoms with Crippen LogP contribution in [0.2, 0.25) is 5.02 Å². The van der Waals surface area contributed by atoms with E-state index in [1.165, 1.54) is 24.5 Å². The molecule has 0 unspecified atom stereocenters. The topological polar surface area (TPSA) is 72.2 Å². The van der Waals surface area contributed by atoms with Gasteiger partial charge in [-0.3, -0.25) is 0 Å². The van der Waals surface area contributed by atoms with Gasteiger partial charge in [0.1, 0.15) is 22.8 Å². The molecule has 2 aromatic rings. The summed E-state index contributed by atoms with van der Waals surface area (Å²) in [6.07, 6.45) is 0.983. The van der Waals surface area contributed by atoms with E-state index < -0.39 is 12.1 Å². The van der Waals surface area contributed by atoms with Gasteiger partial charge in [-0.2, -0.15) is 5.26 Å². The van der Waals surface area contributed by atoms with Gasteiger partial charge in [0.2, 0.25) is 0 Å². The van der Waals surface area contributed by atoms with Crippen molar-refractivity contribution in [2.75, 3.05) is 13.7 Å². The van der Waals surface area contributed by atoms with Crippen molar-refractivity contribution in [1.29, 1.82) is 5.26 Å². The van der Waals surface area contributed by atoms with E-state index in [4.69, 9.17) is 26.3 Å². The average Bonchev–Trinajstić information content (AvgIpc) is 3.02. The molecule has 0 spiro atoms. The van der Waals surface area contributed by atoms with Crippen LogP contribution >= 0.6 is 22.9 Å². The van der Waals surface area contributed by atoms with Crippen molar-refractivity contribution < 1.29 is 14.3 Å². The van der Waals surface area contributed by atoms with Crippen LogP contribution in [0.15, 0.2) is 35.2 Å². The van der Waals surface area contributed by atoms with Crippen molar-refractivity contribution >= 4 is 35.0 Å². The van der Waals surface area contributed by atoms with E-state index in [1.54, 1.807) is 24.4 Å². The van der Waals surface area contributed by atoms with Crippen molar-refractivity contribution in [1.82, 2.24) is 4.98 Å². The zero-order valence-electron chi connectivity index (χ0n) is 13.2. The van der Waals surface area contributed by atoms with Gasteiger partial charge in [-0.15, -0.1) is 11.3 Å². The minimum atomic E-state index is -0.692. The second-order valence-electron chi connectivity index (χ2n) is 4.93. The highest BCUT2D eigenvalue weighted by atomic mass is 35.5. The third kappa shape index (κ3) is 4.90. The van der Waals surface area contributed by atoms with Crippen LogP contribution < -0.4 is 0 Å². The summed E-state index contributed by atoms with van der Waals surface area (Å²) < 4.78 is 10.0. The van der Waals surface area contributed by atoms with Crippen LogP contribution in [0.5, 0.6) is 0 Å². The summed E-state index contributed by atoms with van der Waals surface area (Å²) in [7, 11) is 1.51. The highest BCUT2D eigenvalue weighted by molar-refractivity contribution is 7.13. The van der Waals surface area contributed by atoms with Gasteiger partial charge in [0, 0.05) is 23.1 Å². The minimum absolute atomic E-state index is 0.106. The number of halogens is 1. The molecule has 0 saturated carbocycles. The number of methoxy groups -OCH3 is 1. The van der Waals surface area contributed by atoms with Gasteiger partial charge in [-0.25, -0.2) is 9.78 Å². The highest BCUT2D eigenvalue weighted by Gasteiger charge is 2.15. The van der Waals surface area contributed by atoms with E-state index in [2.05, 4.69) is 4.98 Å². The van der Waals surface area contributed by atoms with Crippen LogP contribution in [0.1, 0.15) is 12.6 Å². The molecule has 7 heteroatoms. The molecule has 0 N–H and O–H groups in total. The number of thiazole rings is 1. The van der Waals surface area contributed by atoms with Crippen LogP contribution in [-0.2, 0) is 14.3 Å². The molecule has 0 saturated heterocycles. The molecule has 0 aliphatic carbocycles. The van der Waals surface area contributed by atoms with E-state index in [0.717, 1.165) is 10.6 Å². The van der Waals surface area contributed by atoms with Crippen LogP contribution in [0.25, 0.3) is 16.6 Å². The molecular formula is C17H15ClN2O3S. The van der Waals surface area contributed by atoms with Crippen molar-refractivity contribution in [2.24, 2.45) is 0 Å². The number of hydrogen-bond acceptors (Lipinski definition) is 6. The fourth-order valence-corrected chi connectivity index (χ4v) is 2.79. The first-order valence-electron chi connectivity index (χ1n) is 7.06. The van der Waals surface area contributed by atoms with Crippen LogP contribution in [0, 0.1) is 11.3 Å². The molecule has 0 aliphatic heterocycles. The molecule has 5 nitrogen and oxygen atoms in total. The fourth-order valence-electron chi connectivity index (χ4n) is 1.88. The van der Waals surface area contributed by atoms with Gasteiger partial charge in [0.25, 0.3) is 0 Å². The number of benzene rings is 1. The summed E-state index contributed by atoms with van der Waals surface area (Å²) in [5, 5.41) is 12.4. The van der Waals surface area contributed by atoms with Gasteiger partial charge in [-0.1, -0.05) is 23.7 Å². The Morgan fingerprint density at radius 3 is 2.79 bits per heavy atom. The monoisotopic (exact) mass is 362 g/mol. The lowest BCUT2D eigenvalue weighted by molar-refractivity contribution is -0.145. The lowest BCUT2D eigenvalue weighted by Gasteiger charge is -2.11. The lowest BCUT2D eigenvalue weighted by atomic mass is 10.2. The Bertz CT molecular complexity index is 778. The van der Waals surface area contributed by atoms with E-state index >= 15 is 0 Å². The Kier molecular flexibility index (Phi) is 6.50. The fraction of sp³-hybridized carbons (Fsp3) is 0.235. The summed E-state index contributed by atoms with van der Waals surface area (Å²) in [5.74, 6) is -0.692. The maximum absolute atomic E-state index is 12.0. The molecule has 0 bridgehead atoms. The molecule has 1 heterocycles. The number of carbonyl (C=O) groups is 1. The number of aromatic nitrogens is 1. The van der Waals surface area contributed by atoms with Gasteiger partial charge in [-0.05, 0) is 25.1 Å². The number of rotatable bonds is 6. The standard InChI is InChI=1S/C17H15ClN2O3S/c1-11(9-22-2)23-17(21)13(8-19)7-15-10-24-16(20-15)12-3-5-14(18)6-4-12/h3-7,10-11H,9H2,1-2H3/b13-7+/t11-/m0/s1. The summed E-state index contributed by atoms with van der Waals surface area (Å²) in [6.45, 7) is 1.96. The average molecular weight is 363 g/mol. The quantitative estimate of drug-likeness (QED) is 0.442. The highest BCUT2D eigenvalue weighted by Crippen LogP contribution is 2.26. The second-order valence-corrected chi connectivity index (χ2v) is 6.22. The molecule has 124 valence electrons. The Labute approximate surface area is 149 Å². The van der Waals surface area contributed by atoms with Gasteiger partial charge >= 0.3 is 5.97 Å². The van der Waals surface area contributed by atoms with E-state index in [1.807, 2.05) is 18.2 Å². The van der Waals surface area contributed by atoms with E-state index in [0.29, 0.717) is 10.7 Å². The lowest BCUT2D eigenvalue weighted by Crippen LogP contribution is -2.20. The maximum atomic E-state index is 12.0. The third-order valence-electron chi connectivity index (χ3n) is 2.96. The zero-order chi connectivity index (χ0) is 17.5. The first kappa shape index (κ1) is 18.1. The molecular weight excluding hydrogens is 348 g/mol. The molecule has 24 heavy (non-hydrogen) atoms. The summed E-state index contributed by atoms with van der Waals surface area (Å²) in [5.41, 5.74) is 1.34. The Hall–Kier alpha value is -2.20. The number of nitriles is 1. The molecule has 0 fully saturated rings. The largest absolute Gasteiger partial charge is 0.456 e. The Morgan fingerprint density at radius 1 is 1.46 bits per heavy atom. The van der Waals surface area contributed by atoms with Crippen LogP contribution in [0.3, 0.4) is 0 Å². The number of hydrogen-bond donors (Lipinski definition) is 0. The predicted molar refractivity (Wildman–Crippen MR) is 93.6 cm³/mol. The maximum Gasteiger partial charge on any atom is 0.349 e. The van der Waals surface area contributed by atoms with Crippen LogP contribution in [-0.4, -0.2) is 30.8 Å². The molecule has 1 aromatic heterocycles. The van der Waals surface area contributed by atoms with Crippen molar-refractivity contribution in [2.45, 2.75) is 13.0 Å². The van der Waals surface area contributed by atoms with E-state index in [9.17, 15) is 4.79 Å². The van der Waals surface area contributed by atoms with Crippen molar-refractivity contribution in [3.8, 4) is 16.6 Å². The molecule has 1 aromatic carbocycles. The zero-order valence-corrected chi connectivity index (χ0v) is 14.7. The van der Waals surface area contributed by atoms with Gasteiger partial charge in [0.05, 0.1) is 12.3 Å². The Balaban J connectivity index is 2.15. The number of ether oxygens (including phenoxy) is 2. The number of esters is 1. The van der Waals surface area contributed by atoms with Gasteiger partial charge in [0.15, 0.2) is 0 Å². The third-order valence-corrected chi connectivity index (χ3v) is 4.12. The van der Waals surface area contributed by atoms with Gasteiger partial charge < -0.3 is 9.47 Å². The summed E-state index contributed by atoms with van der Waals surface area (Å²) in [6, 6.07) is 9.13. The number of carbonyl (C=O) groups excluding carboxylic acids is 1. The molecule has 2 rings (SSSR count). The Morgan fingerprint density at radius 2 is 2.17 bits per heavy atom. The molecule has 0 aliphatic rings. The predicted octanol–water partition coefficient (Wildman–Crippen LogP) is 3.95.